The second-order valence-electron chi connectivity index (χ2n) is 7.53. The maximum absolute atomic E-state index is 12.3. The third-order valence-corrected chi connectivity index (χ3v) is 5.06. The Morgan fingerprint density at radius 3 is 2.52 bits per heavy atom. The summed E-state index contributed by atoms with van der Waals surface area (Å²) in [4.78, 5) is 12.3. The van der Waals surface area contributed by atoms with E-state index in [2.05, 4.69) is 33.8 Å². The first kappa shape index (κ1) is 21.0. The molecule has 1 atom stereocenters. The van der Waals surface area contributed by atoms with Crippen molar-refractivity contribution in [3.05, 3.63) is 70.8 Å². The Balaban J connectivity index is 0.000000465. The van der Waals surface area contributed by atoms with Crippen LogP contribution in [0.5, 0.6) is 5.75 Å². The number of carbonyl (C=O) groups is 1. The van der Waals surface area contributed by atoms with Crippen molar-refractivity contribution in [2.24, 2.45) is 5.92 Å². The third-order valence-electron chi connectivity index (χ3n) is 5.06. The Kier molecular flexibility index (Phi) is 7.84. The number of aryl methyl sites for hydroxylation is 1. The molecule has 0 saturated heterocycles. The van der Waals surface area contributed by atoms with Crippen LogP contribution in [0.25, 0.3) is 6.08 Å². The summed E-state index contributed by atoms with van der Waals surface area (Å²) in [5, 5.41) is 0. The molecule has 0 N–H and O–H groups in total. The molecule has 2 heteroatoms. The largest absolute Gasteiger partial charge is 0.493 e. The molecule has 2 aromatic carbocycles. The maximum Gasteiger partial charge on any atom is 0.186 e. The summed E-state index contributed by atoms with van der Waals surface area (Å²) >= 11 is 0. The number of hydrogen-bond donors (Lipinski definition) is 0. The number of carbonyl (C=O) groups excluding carboxylic acids is 1. The SMILES string of the molecule is CCC(C)C.CCC1COc2ccc(/C=C/C(=O)c3ccccc3C)cc21. The van der Waals surface area contributed by atoms with Crippen molar-refractivity contribution in [1.29, 1.82) is 0 Å². The van der Waals surface area contributed by atoms with Crippen LogP contribution in [0.2, 0.25) is 0 Å². The molecule has 0 radical (unpaired) electrons. The zero-order valence-electron chi connectivity index (χ0n) is 17.3. The molecule has 0 fully saturated rings. The van der Waals surface area contributed by atoms with Crippen LogP contribution in [0, 0.1) is 12.8 Å². The van der Waals surface area contributed by atoms with Gasteiger partial charge in [-0.3, -0.25) is 4.79 Å². The zero-order chi connectivity index (χ0) is 19.8. The molecule has 1 unspecified atom stereocenters. The maximum atomic E-state index is 12.3. The van der Waals surface area contributed by atoms with Gasteiger partial charge in [0, 0.05) is 17.0 Å². The molecule has 144 valence electrons. The van der Waals surface area contributed by atoms with Crippen molar-refractivity contribution in [2.75, 3.05) is 6.61 Å². The minimum absolute atomic E-state index is 0.0434. The minimum Gasteiger partial charge on any atom is -0.493 e. The van der Waals surface area contributed by atoms with Crippen LogP contribution in [0.4, 0.5) is 0 Å². The number of rotatable bonds is 5. The number of ether oxygens (including phenoxy) is 1. The van der Waals surface area contributed by atoms with Crippen LogP contribution >= 0.6 is 0 Å². The van der Waals surface area contributed by atoms with Crippen LogP contribution < -0.4 is 4.74 Å². The van der Waals surface area contributed by atoms with E-state index >= 15 is 0 Å². The lowest BCUT2D eigenvalue weighted by Gasteiger charge is -2.05. The highest BCUT2D eigenvalue weighted by molar-refractivity contribution is 6.07. The predicted molar refractivity (Wildman–Crippen MR) is 115 cm³/mol. The Labute approximate surface area is 164 Å². The molecule has 0 spiro atoms. The summed E-state index contributed by atoms with van der Waals surface area (Å²) in [6, 6.07) is 13.8. The number of benzene rings is 2. The Bertz CT molecular complexity index is 787. The molecular weight excluding hydrogens is 332 g/mol. The average molecular weight is 365 g/mol. The van der Waals surface area contributed by atoms with Gasteiger partial charge in [0.15, 0.2) is 5.78 Å². The number of allylic oxidation sites excluding steroid dienone is 1. The first-order valence-electron chi connectivity index (χ1n) is 10.0. The Morgan fingerprint density at radius 2 is 1.89 bits per heavy atom. The third kappa shape index (κ3) is 5.82. The van der Waals surface area contributed by atoms with Crippen molar-refractivity contribution in [2.45, 2.75) is 53.4 Å². The molecule has 0 bridgehead atoms. The van der Waals surface area contributed by atoms with Gasteiger partial charge in [-0.25, -0.2) is 0 Å². The highest BCUT2D eigenvalue weighted by Crippen LogP contribution is 2.36. The van der Waals surface area contributed by atoms with E-state index in [9.17, 15) is 4.79 Å². The van der Waals surface area contributed by atoms with Gasteiger partial charge in [0.2, 0.25) is 0 Å². The van der Waals surface area contributed by atoms with Gasteiger partial charge < -0.3 is 4.74 Å². The Morgan fingerprint density at radius 1 is 1.19 bits per heavy atom. The lowest BCUT2D eigenvalue weighted by Crippen LogP contribution is -1.98. The summed E-state index contributed by atoms with van der Waals surface area (Å²) in [5.74, 6) is 2.38. The second kappa shape index (κ2) is 10.1. The van der Waals surface area contributed by atoms with Gasteiger partial charge in [0.05, 0.1) is 6.61 Å². The van der Waals surface area contributed by atoms with Crippen LogP contribution in [-0.2, 0) is 0 Å². The van der Waals surface area contributed by atoms with Crippen molar-refractivity contribution in [3.63, 3.8) is 0 Å². The van der Waals surface area contributed by atoms with Crippen LogP contribution in [-0.4, -0.2) is 12.4 Å². The number of fused-ring (bicyclic) bond motifs is 1. The van der Waals surface area contributed by atoms with Gasteiger partial charge in [0.25, 0.3) is 0 Å². The van der Waals surface area contributed by atoms with Crippen molar-refractivity contribution < 1.29 is 9.53 Å². The summed E-state index contributed by atoms with van der Waals surface area (Å²) in [6.07, 6.45) is 5.92. The molecule has 0 amide bonds. The molecule has 1 aliphatic rings. The molecule has 0 saturated carbocycles. The van der Waals surface area contributed by atoms with E-state index in [1.165, 1.54) is 12.0 Å². The van der Waals surface area contributed by atoms with Gasteiger partial charge in [-0.1, -0.05) is 70.5 Å². The van der Waals surface area contributed by atoms with Crippen LogP contribution in [0.3, 0.4) is 0 Å². The predicted octanol–water partition coefficient (Wildman–Crippen LogP) is 6.83. The van der Waals surface area contributed by atoms with Crippen molar-refractivity contribution in [3.8, 4) is 5.75 Å². The number of ketones is 1. The molecule has 0 aliphatic carbocycles. The van der Waals surface area contributed by atoms with Crippen LogP contribution in [0.15, 0.2) is 48.5 Å². The lowest BCUT2D eigenvalue weighted by atomic mass is 9.96. The Hall–Kier alpha value is -2.35. The zero-order valence-corrected chi connectivity index (χ0v) is 17.3. The molecule has 1 aliphatic heterocycles. The van der Waals surface area contributed by atoms with E-state index < -0.39 is 0 Å². The quantitative estimate of drug-likeness (QED) is 0.429. The highest BCUT2D eigenvalue weighted by Gasteiger charge is 2.22. The summed E-state index contributed by atoms with van der Waals surface area (Å²) < 4.78 is 5.68. The van der Waals surface area contributed by atoms with Gasteiger partial charge in [-0.2, -0.15) is 0 Å². The fraction of sp³-hybridized carbons (Fsp3) is 0.400. The fourth-order valence-electron chi connectivity index (χ4n) is 2.85. The normalized spacial score (nSPS) is 15.3. The minimum atomic E-state index is 0.0434. The topological polar surface area (TPSA) is 26.3 Å². The number of hydrogen-bond acceptors (Lipinski definition) is 2. The smallest absolute Gasteiger partial charge is 0.186 e. The standard InChI is InChI=1S/C20H20O2.C5H12/c1-3-16-13-22-20-11-9-15(12-18(16)20)8-10-19(21)17-7-5-4-6-14(17)2;1-4-5(2)3/h4-12,16H,3,13H2,1-2H3;5H,4H2,1-3H3/b10-8+;. The molecule has 0 aromatic heterocycles. The fourth-order valence-corrected chi connectivity index (χ4v) is 2.85. The first-order valence-corrected chi connectivity index (χ1v) is 10.0. The van der Waals surface area contributed by atoms with Gasteiger partial charge in [-0.05, 0) is 48.6 Å². The monoisotopic (exact) mass is 364 g/mol. The van der Waals surface area contributed by atoms with Gasteiger partial charge >= 0.3 is 0 Å². The lowest BCUT2D eigenvalue weighted by molar-refractivity contribution is 0.104. The molecule has 2 aromatic rings. The molecule has 2 nitrogen and oxygen atoms in total. The van der Waals surface area contributed by atoms with E-state index in [1.54, 1.807) is 6.08 Å². The van der Waals surface area contributed by atoms with Gasteiger partial charge in [0.1, 0.15) is 5.75 Å². The van der Waals surface area contributed by atoms with Crippen molar-refractivity contribution >= 4 is 11.9 Å². The molecule has 3 rings (SSSR count). The first-order chi connectivity index (χ1) is 13.0. The second-order valence-corrected chi connectivity index (χ2v) is 7.53. The van der Waals surface area contributed by atoms with E-state index in [-0.39, 0.29) is 5.78 Å². The van der Waals surface area contributed by atoms with Crippen LogP contribution in [0.1, 0.15) is 73.5 Å². The van der Waals surface area contributed by atoms with E-state index in [0.717, 1.165) is 41.4 Å². The highest BCUT2D eigenvalue weighted by atomic mass is 16.5. The van der Waals surface area contributed by atoms with Crippen molar-refractivity contribution in [1.82, 2.24) is 0 Å². The summed E-state index contributed by atoms with van der Waals surface area (Å²) in [5.41, 5.74) is 4.07. The summed E-state index contributed by atoms with van der Waals surface area (Å²) in [7, 11) is 0. The van der Waals surface area contributed by atoms with E-state index in [1.807, 2.05) is 49.4 Å². The molecule has 27 heavy (non-hydrogen) atoms. The average Bonchev–Trinajstić information content (AvgIpc) is 3.09. The summed E-state index contributed by atoms with van der Waals surface area (Å²) in [6.45, 7) is 11.5. The molecular formula is C25H32O2. The van der Waals surface area contributed by atoms with E-state index in [4.69, 9.17) is 4.74 Å². The van der Waals surface area contributed by atoms with E-state index in [0.29, 0.717) is 5.92 Å². The van der Waals surface area contributed by atoms with Gasteiger partial charge in [-0.15, -0.1) is 0 Å². The molecule has 1 heterocycles.